The largest absolute Gasteiger partial charge is 0.362 e. The molecule has 1 aromatic heterocycles. The fourth-order valence-electron chi connectivity index (χ4n) is 2.48. The van der Waals surface area contributed by atoms with E-state index in [2.05, 4.69) is 51.4 Å². The van der Waals surface area contributed by atoms with E-state index >= 15 is 0 Å². The standard InChI is InChI=1S/C15H18N4/c1-12-10-19(11-15-16-7-4-8-17-15)14-6-3-2-5-13(14)9-18-12/h2-8,12,18H,9-11H2,1H3. The zero-order valence-corrected chi connectivity index (χ0v) is 11.1. The monoisotopic (exact) mass is 254 g/mol. The van der Waals surface area contributed by atoms with Gasteiger partial charge in [0.25, 0.3) is 0 Å². The maximum absolute atomic E-state index is 4.33. The minimum absolute atomic E-state index is 0.455. The highest BCUT2D eigenvalue weighted by atomic mass is 15.2. The van der Waals surface area contributed by atoms with Crippen molar-refractivity contribution < 1.29 is 0 Å². The highest BCUT2D eigenvalue weighted by Gasteiger charge is 2.19. The lowest BCUT2D eigenvalue weighted by Gasteiger charge is -2.25. The lowest BCUT2D eigenvalue weighted by Crippen LogP contribution is -2.36. The summed E-state index contributed by atoms with van der Waals surface area (Å²) < 4.78 is 0. The fraction of sp³-hybridized carbons (Fsp3) is 0.333. The molecule has 1 aliphatic heterocycles. The molecule has 1 N–H and O–H groups in total. The molecule has 1 unspecified atom stereocenters. The Balaban J connectivity index is 1.90. The molecular formula is C15H18N4. The van der Waals surface area contributed by atoms with Gasteiger partial charge in [0.05, 0.1) is 6.54 Å². The number of hydrogen-bond donors (Lipinski definition) is 1. The lowest BCUT2D eigenvalue weighted by molar-refractivity contribution is 0.549. The number of fused-ring (bicyclic) bond motifs is 1. The molecule has 0 aliphatic carbocycles. The average molecular weight is 254 g/mol. The van der Waals surface area contributed by atoms with E-state index < -0.39 is 0 Å². The first kappa shape index (κ1) is 12.1. The molecule has 0 saturated heterocycles. The van der Waals surface area contributed by atoms with Crippen molar-refractivity contribution in [2.24, 2.45) is 0 Å². The van der Waals surface area contributed by atoms with Crippen molar-refractivity contribution in [1.29, 1.82) is 0 Å². The van der Waals surface area contributed by atoms with Crippen molar-refractivity contribution in [2.75, 3.05) is 11.4 Å². The molecule has 0 radical (unpaired) electrons. The number of aromatic nitrogens is 2. The van der Waals surface area contributed by atoms with Crippen molar-refractivity contribution in [3.8, 4) is 0 Å². The first-order valence-electron chi connectivity index (χ1n) is 6.65. The Morgan fingerprint density at radius 2 is 2.00 bits per heavy atom. The van der Waals surface area contributed by atoms with Crippen LogP contribution < -0.4 is 10.2 Å². The molecule has 2 aromatic rings. The van der Waals surface area contributed by atoms with Gasteiger partial charge in [-0.3, -0.25) is 0 Å². The van der Waals surface area contributed by atoms with Gasteiger partial charge < -0.3 is 10.2 Å². The quantitative estimate of drug-likeness (QED) is 0.889. The van der Waals surface area contributed by atoms with Crippen LogP contribution in [0.4, 0.5) is 5.69 Å². The smallest absolute Gasteiger partial charge is 0.147 e. The summed E-state index contributed by atoms with van der Waals surface area (Å²) in [5, 5.41) is 3.53. The molecule has 98 valence electrons. The maximum Gasteiger partial charge on any atom is 0.147 e. The number of benzene rings is 1. The van der Waals surface area contributed by atoms with Crippen LogP contribution in [0.25, 0.3) is 0 Å². The van der Waals surface area contributed by atoms with Gasteiger partial charge in [-0.1, -0.05) is 18.2 Å². The number of nitrogens with one attached hydrogen (secondary N) is 1. The topological polar surface area (TPSA) is 41.1 Å². The first-order valence-corrected chi connectivity index (χ1v) is 6.65. The van der Waals surface area contributed by atoms with Crippen LogP contribution in [0.1, 0.15) is 18.3 Å². The highest BCUT2D eigenvalue weighted by Crippen LogP contribution is 2.24. The third kappa shape index (κ3) is 2.74. The highest BCUT2D eigenvalue weighted by molar-refractivity contribution is 5.54. The molecule has 0 spiro atoms. The van der Waals surface area contributed by atoms with Crippen molar-refractivity contribution in [1.82, 2.24) is 15.3 Å². The van der Waals surface area contributed by atoms with Crippen LogP contribution in [0, 0.1) is 0 Å². The van der Waals surface area contributed by atoms with Gasteiger partial charge in [-0.15, -0.1) is 0 Å². The van der Waals surface area contributed by atoms with Crippen LogP contribution in [0.2, 0.25) is 0 Å². The van der Waals surface area contributed by atoms with Crippen molar-refractivity contribution in [3.05, 3.63) is 54.1 Å². The molecule has 3 rings (SSSR count). The van der Waals surface area contributed by atoms with Crippen LogP contribution >= 0.6 is 0 Å². The summed E-state index contributed by atoms with van der Waals surface area (Å²) in [7, 11) is 0. The second kappa shape index (κ2) is 5.36. The Hall–Kier alpha value is -1.94. The molecule has 0 amide bonds. The van der Waals surface area contributed by atoms with Crippen molar-refractivity contribution in [3.63, 3.8) is 0 Å². The Morgan fingerprint density at radius 3 is 2.84 bits per heavy atom. The van der Waals surface area contributed by atoms with Gasteiger partial charge >= 0.3 is 0 Å². The Morgan fingerprint density at radius 1 is 1.21 bits per heavy atom. The van der Waals surface area contributed by atoms with Gasteiger partial charge in [0.1, 0.15) is 5.82 Å². The zero-order valence-electron chi connectivity index (χ0n) is 11.1. The predicted octanol–water partition coefficient (Wildman–Crippen LogP) is 1.97. The van der Waals surface area contributed by atoms with Gasteiger partial charge in [0.2, 0.25) is 0 Å². The lowest BCUT2D eigenvalue weighted by atomic mass is 10.1. The first-order chi connectivity index (χ1) is 9.33. The van der Waals surface area contributed by atoms with Gasteiger partial charge in [-0.25, -0.2) is 9.97 Å². The average Bonchev–Trinajstić information content (AvgIpc) is 2.60. The predicted molar refractivity (Wildman–Crippen MR) is 75.8 cm³/mol. The molecule has 1 aliphatic rings. The minimum Gasteiger partial charge on any atom is -0.362 e. The molecule has 2 heterocycles. The summed E-state index contributed by atoms with van der Waals surface area (Å²) in [6.45, 7) is 4.85. The van der Waals surface area contributed by atoms with E-state index in [9.17, 15) is 0 Å². The zero-order chi connectivity index (χ0) is 13.1. The second-order valence-corrected chi connectivity index (χ2v) is 4.96. The molecule has 0 saturated carbocycles. The van der Waals surface area contributed by atoms with Gasteiger partial charge in [0.15, 0.2) is 0 Å². The van der Waals surface area contributed by atoms with E-state index in [-0.39, 0.29) is 0 Å². The third-order valence-electron chi connectivity index (χ3n) is 3.42. The van der Waals surface area contributed by atoms with Gasteiger partial charge in [-0.05, 0) is 24.6 Å². The summed E-state index contributed by atoms with van der Waals surface area (Å²) in [4.78, 5) is 11.0. The fourth-order valence-corrected chi connectivity index (χ4v) is 2.48. The van der Waals surface area contributed by atoms with Crippen molar-refractivity contribution >= 4 is 5.69 Å². The van der Waals surface area contributed by atoms with Gasteiger partial charge in [0, 0.05) is 37.2 Å². The molecule has 1 aromatic carbocycles. The molecule has 4 heteroatoms. The third-order valence-corrected chi connectivity index (χ3v) is 3.42. The van der Waals surface area contributed by atoms with Crippen LogP contribution in [0.5, 0.6) is 0 Å². The van der Waals surface area contributed by atoms with Crippen LogP contribution in [-0.2, 0) is 13.1 Å². The summed E-state index contributed by atoms with van der Waals surface area (Å²) in [5.41, 5.74) is 2.62. The summed E-state index contributed by atoms with van der Waals surface area (Å²) in [5.74, 6) is 0.867. The van der Waals surface area contributed by atoms with Crippen LogP contribution in [0.3, 0.4) is 0 Å². The molecular weight excluding hydrogens is 236 g/mol. The number of nitrogens with zero attached hydrogens (tertiary/aromatic N) is 3. The van der Waals surface area contributed by atoms with E-state index in [1.807, 2.05) is 6.07 Å². The van der Waals surface area contributed by atoms with Gasteiger partial charge in [-0.2, -0.15) is 0 Å². The Labute approximate surface area is 113 Å². The molecule has 19 heavy (non-hydrogen) atoms. The molecule has 4 nitrogen and oxygen atoms in total. The minimum atomic E-state index is 0.455. The van der Waals surface area contributed by atoms with E-state index in [0.29, 0.717) is 6.04 Å². The number of rotatable bonds is 2. The number of hydrogen-bond acceptors (Lipinski definition) is 4. The molecule has 0 fully saturated rings. The number of para-hydroxylation sites is 1. The Kier molecular flexibility index (Phi) is 3.42. The van der Waals surface area contributed by atoms with E-state index in [0.717, 1.165) is 25.5 Å². The van der Waals surface area contributed by atoms with Crippen molar-refractivity contribution in [2.45, 2.75) is 26.1 Å². The van der Waals surface area contributed by atoms with E-state index in [1.54, 1.807) is 12.4 Å². The second-order valence-electron chi connectivity index (χ2n) is 4.96. The molecule has 1 atom stereocenters. The maximum atomic E-state index is 4.33. The number of anilines is 1. The normalized spacial score (nSPS) is 18.8. The summed E-state index contributed by atoms with van der Waals surface area (Å²) in [6, 6.07) is 10.8. The molecule has 0 bridgehead atoms. The Bertz CT molecular complexity index is 541. The SMILES string of the molecule is CC1CN(Cc2ncccn2)c2ccccc2CN1. The van der Waals surface area contributed by atoms with E-state index in [1.165, 1.54) is 11.3 Å². The summed E-state index contributed by atoms with van der Waals surface area (Å²) in [6.07, 6.45) is 3.60. The van der Waals surface area contributed by atoms with E-state index in [4.69, 9.17) is 0 Å². The summed E-state index contributed by atoms with van der Waals surface area (Å²) >= 11 is 0. The van der Waals surface area contributed by atoms with Crippen LogP contribution in [-0.4, -0.2) is 22.6 Å². The van der Waals surface area contributed by atoms with Crippen LogP contribution in [0.15, 0.2) is 42.7 Å².